The molecule has 0 amide bonds. The van der Waals surface area contributed by atoms with Gasteiger partial charge in [0.15, 0.2) is 11.1 Å². The maximum absolute atomic E-state index is 10.8. The van der Waals surface area contributed by atoms with Crippen LogP contribution in [0.25, 0.3) is 0 Å². The van der Waals surface area contributed by atoms with Gasteiger partial charge in [0.1, 0.15) is 0 Å². The molecule has 2 N–H and O–H groups in total. The van der Waals surface area contributed by atoms with Gasteiger partial charge in [-0.25, -0.2) is 4.21 Å². The van der Waals surface area contributed by atoms with Crippen molar-refractivity contribution in [1.82, 2.24) is 0 Å². The van der Waals surface area contributed by atoms with Crippen molar-refractivity contribution < 1.29 is 13.9 Å². The summed E-state index contributed by atoms with van der Waals surface area (Å²) in [5, 5.41) is 8.53. The zero-order valence-corrected chi connectivity index (χ0v) is 8.67. The minimum Gasteiger partial charge on any atom is -0.396 e. The van der Waals surface area contributed by atoms with Crippen LogP contribution in [0.4, 0.5) is 0 Å². The van der Waals surface area contributed by atoms with Crippen LogP contribution in [0, 0.1) is 11.8 Å². The highest BCUT2D eigenvalue weighted by atomic mass is 32.2. The lowest BCUT2D eigenvalue weighted by Gasteiger charge is -2.20. The first-order valence-corrected chi connectivity index (χ1v) is 5.36. The van der Waals surface area contributed by atoms with Crippen LogP contribution in [0.5, 0.6) is 0 Å². The molecule has 0 aliphatic heterocycles. The Morgan fingerprint density at radius 1 is 1.33 bits per heavy atom. The summed E-state index contributed by atoms with van der Waals surface area (Å²) >= 11 is -1.81. The third-order valence-electron chi connectivity index (χ3n) is 1.89. The Morgan fingerprint density at radius 2 is 1.83 bits per heavy atom. The zero-order valence-electron chi connectivity index (χ0n) is 7.86. The van der Waals surface area contributed by atoms with Gasteiger partial charge in [-0.2, -0.15) is 0 Å². The van der Waals surface area contributed by atoms with Crippen LogP contribution in [-0.4, -0.2) is 25.7 Å². The fourth-order valence-electron chi connectivity index (χ4n) is 1.10. The van der Waals surface area contributed by atoms with Gasteiger partial charge in [0, 0.05) is 6.61 Å². The third kappa shape index (κ3) is 4.18. The minimum absolute atomic E-state index is 0.0241. The molecule has 0 aliphatic carbocycles. The molecule has 0 rings (SSSR count). The molecule has 0 aromatic rings. The van der Waals surface area contributed by atoms with Crippen molar-refractivity contribution in [2.24, 2.45) is 11.8 Å². The van der Waals surface area contributed by atoms with E-state index in [1.807, 2.05) is 13.8 Å². The van der Waals surface area contributed by atoms with E-state index in [0.717, 1.165) is 0 Å². The molecule has 0 radical (unpaired) electrons. The summed E-state index contributed by atoms with van der Waals surface area (Å²) in [5.41, 5.74) is 0. The highest BCUT2D eigenvalue weighted by Crippen LogP contribution is 2.17. The topological polar surface area (TPSA) is 57.5 Å². The summed E-state index contributed by atoms with van der Waals surface area (Å²) < 4.78 is 19.8. The molecule has 0 spiro atoms. The van der Waals surface area contributed by atoms with Crippen molar-refractivity contribution in [3.8, 4) is 0 Å². The van der Waals surface area contributed by atoms with Gasteiger partial charge in [0.25, 0.3) is 0 Å². The van der Waals surface area contributed by atoms with Crippen molar-refractivity contribution in [2.75, 3.05) is 6.61 Å². The Labute approximate surface area is 76.5 Å². The average Bonchev–Trinajstić information content (AvgIpc) is 1.98. The maximum atomic E-state index is 10.8. The first-order valence-electron chi connectivity index (χ1n) is 4.19. The molecule has 0 bridgehead atoms. The molecule has 0 aliphatic rings. The van der Waals surface area contributed by atoms with Gasteiger partial charge in [-0.15, -0.1) is 0 Å². The van der Waals surface area contributed by atoms with E-state index in [2.05, 4.69) is 0 Å². The first kappa shape index (κ1) is 12.1. The van der Waals surface area contributed by atoms with Crippen LogP contribution < -0.4 is 0 Å². The Bertz CT molecular complexity index is 147. The Hall–Kier alpha value is 0.0700. The highest BCUT2D eigenvalue weighted by Gasteiger charge is 2.22. The molecule has 74 valence electrons. The minimum atomic E-state index is -1.81. The van der Waals surface area contributed by atoms with E-state index >= 15 is 0 Å². The van der Waals surface area contributed by atoms with Crippen LogP contribution in [0.3, 0.4) is 0 Å². The van der Waals surface area contributed by atoms with Crippen molar-refractivity contribution in [1.29, 1.82) is 0 Å². The van der Waals surface area contributed by atoms with E-state index in [1.54, 1.807) is 6.92 Å². The van der Waals surface area contributed by atoms with Crippen LogP contribution in [0.15, 0.2) is 0 Å². The molecule has 3 atom stereocenters. The van der Waals surface area contributed by atoms with Crippen LogP contribution in [0.2, 0.25) is 0 Å². The Morgan fingerprint density at radius 3 is 2.08 bits per heavy atom. The normalized spacial score (nSPS) is 19.2. The fraction of sp³-hybridized carbons (Fsp3) is 1.00. The standard InChI is InChI=1S/C8H18O3S/c1-6(2)4-8(12(10)11)7(3)5-9/h6-9H,4-5H2,1-3H3,(H,10,11)/t7-,8?/m0/s1. The predicted octanol–water partition coefficient (Wildman–Crippen LogP) is 1.25. The monoisotopic (exact) mass is 194 g/mol. The second-order valence-corrected chi connectivity index (χ2v) is 4.76. The van der Waals surface area contributed by atoms with Crippen molar-refractivity contribution in [2.45, 2.75) is 32.4 Å². The molecule has 0 saturated carbocycles. The van der Waals surface area contributed by atoms with E-state index in [9.17, 15) is 4.21 Å². The number of aliphatic hydroxyl groups is 1. The van der Waals surface area contributed by atoms with Gasteiger partial charge < -0.3 is 9.66 Å². The van der Waals surface area contributed by atoms with Gasteiger partial charge >= 0.3 is 0 Å². The molecule has 0 saturated heterocycles. The second kappa shape index (κ2) is 5.67. The summed E-state index contributed by atoms with van der Waals surface area (Å²) in [6.07, 6.45) is 0.685. The molecular formula is C8H18O3S. The van der Waals surface area contributed by atoms with Gasteiger partial charge in [-0.3, -0.25) is 0 Å². The molecule has 2 unspecified atom stereocenters. The molecule has 0 aromatic carbocycles. The average molecular weight is 194 g/mol. The lowest BCUT2D eigenvalue weighted by molar-refractivity contribution is 0.224. The summed E-state index contributed by atoms with van der Waals surface area (Å²) in [6.45, 7) is 5.78. The molecule has 0 heterocycles. The SMILES string of the molecule is CC(C)CC([C@@H](C)CO)S(=O)O. The molecule has 4 heteroatoms. The Balaban J connectivity index is 4.13. The summed E-state index contributed by atoms with van der Waals surface area (Å²) in [5.74, 6) is 0.290. The van der Waals surface area contributed by atoms with Gasteiger partial charge in [-0.05, 0) is 18.3 Å². The smallest absolute Gasteiger partial charge is 0.156 e. The van der Waals surface area contributed by atoms with Crippen molar-refractivity contribution >= 4 is 11.1 Å². The van der Waals surface area contributed by atoms with Gasteiger partial charge in [0.2, 0.25) is 0 Å². The third-order valence-corrected chi connectivity index (χ3v) is 3.06. The van der Waals surface area contributed by atoms with E-state index < -0.39 is 11.1 Å². The number of aliphatic hydroxyl groups excluding tert-OH is 1. The van der Waals surface area contributed by atoms with E-state index in [-0.39, 0.29) is 17.8 Å². The van der Waals surface area contributed by atoms with E-state index in [0.29, 0.717) is 12.3 Å². The molecule has 0 fully saturated rings. The summed E-state index contributed by atoms with van der Waals surface area (Å²) in [7, 11) is 0. The lowest BCUT2D eigenvalue weighted by Crippen LogP contribution is -2.27. The highest BCUT2D eigenvalue weighted by molar-refractivity contribution is 7.79. The first-order chi connectivity index (χ1) is 5.49. The number of hydrogen-bond acceptors (Lipinski definition) is 2. The van der Waals surface area contributed by atoms with Crippen LogP contribution >= 0.6 is 0 Å². The van der Waals surface area contributed by atoms with E-state index in [4.69, 9.17) is 9.66 Å². The molecule has 3 nitrogen and oxygen atoms in total. The maximum Gasteiger partial charge on any atom is 0.156 e. The van der Waals surface area contributed by atoms with E-state index in [1.165, 1.54) is 0 Å². The molecular weight excluding hydrogens is 176 g/mol. The lowest BCUT2D eigenvalue weighted by atomic mass is 9.99. The van der Waals surface area contributed by atoms with Gasteiger partial charge in [-0.1, -0.05) is 20.8 Å². The largest absolute Gasteiger partial charge is 0.396 e. The fourth-order valence-corrected chi connectivity index (χ4v) is 2.13. The van der Waals surface area contributed by atoms with Gasteiger partial charge in [0.05, 0.1) is 5.25 Å². The zero-order chi connectivity index (χ0) is 9.72. The Kier molecular flexibility index (Phi) is 5.70. The summed E-state index contributed by atoms with van der Waals surface area (Å²) in [4.78, 5) is 0. The quantitative estimate of drug-likeness (QED) is 0.648. The predicted molar refractivity (Wildman–Crippen MR) is 50.3 cm³/mol. The number of rotatable bonds is 5. The van der Waals surface area contributed by atoms with Crippen LogP contribution in [-0.2, 0) is 11.1 Å². The second-order valence-electron chi connectivity index (χ2n) is 3.60. The molecule has 0 aromatic heterocycles. The van der Waals surface area contributed by atoms with Crippen molar-refractivity contribution in [3.05, 3.63) is 0 Å². The van der Waals surface area contributed by atoms with Crippen LogP contribution in [0.1, 0.15) is 27.2 Å². The molecule has 12 heavy (non-hydrogen) atoms. The van der Waals surface area contributed by atoms with Crippen molar-refractivity contribution in [3.63, 3.8) is 0 Å². The summed E-state index contributed by atoms with van der Waals surface area (Å²) in [6, 6.07) is 0. The number of hydrogen-bond donors (Lipinski definition) is 2.